The number of nitrogens with zero attached hydrogens (tertiary/aromatic N) is 2. The van der Waals surface area contributed by atoms with Gasteiger partial charge in [0.05, 0.1) is 29.8 Å². The summed E-state index contributed by atoms with van der Waals surface area (Å²) in [7, 11) is 1.52. The molecule has 0 saturated heterocycles. The van der Waals surface area contributed by atoms with E-state index in [0.29, 0.717) is 28.1 Å². The molecule has 0 aliphatic carbocycles. The van der Waals surface area contributed by atoms with E-state index in [-0.39, 0.29) is 12.2 Å². The number of hydrogen-bond donors (Lipinski definition) is 0. The topological polar surface area (TPSA) is 89.8 Å². The molecule has 7 nitrogen and oxygen atoms in total. The zero-order valence-electron chi connectivity index (χ0n) is 15.5. The second-order valence-corrected chi connectivity index (χ2v) is 6.58. The van der Waals surface area contributed by atoms with Crippen LogP contribution in [0, 0.1) is 10.1 Å². The first-order valence-corrected chi connectivity index (χ1v) is 8.86. The molecule has 7 heteroatoms. The third-order valence-corrected chi connectivity index (χ3v) is 4.85. The van der Waals surface area contributed by atoms with Crippen LogP contribution in [0.1, 0.15) is 15.9 Å². The fraction of sp³-hybridized carbons (Fsp3) is 0.0909. The summed E-state index contributed by atoms with van der Waals surface area (Å²) in [5, 5.41) is 11.1. The van der Waals surface area contributed by atoms with E-state index in [1.165, 1.54) is 24.1 Å². The van der Waals surface area contributed by atoms with Gasteiger partial charge < -0.3 is 9.64 Å². The van der Waals surface area contributed by atoms with Gasteiger partial charge in [0.25, 0.3) is 17.4 Å². The van der Waals surface area contributed by atoms with E-state index in [0.717, 1.165) is 5.56 Å². The molecule has 4 rings (SSSR count). The van der Waals surface area contributed by atoms with E-state index in [4.69, 9.17) is 4.74 Å². The Morgan fingerprint density at radius 3 is 2.52 bits per heavy atom. The first kappa shape index (κ1) is 18.4. The van der Waals surface area contributed by atoms with Crippen molar-refractivity contribution in [3.8, 4) is 16.9 Å². The number of ether oxygens (including phenoxy) is 1. The Morgan fingerprint density at radius 2 is 1.76 bits per heavy atom. The molecule has 0 saturated carbocycles. The van der Waals surface area contributed by atoms with Crippen LogP contribution in [0.5, 0.6) is 5.75 Å². The maximum Gasteiger partial charge on any atom is 0.299 e. The van der Waals surface area contributed by atoms with Crippen LogP contribution in [0.25, 0.3) is 11.1 Å². The van der Waals surface area contributed by atoms with Crippen LogP contribution in [-0.4, -0.2) is 23.7 Å². The Labute approximate surface area is 166 Å². The molecule has 0 spiro atoms. The first-order chi connectivity index (χ1) is 14.0. The average Bonchev–Trinajstić information content (AvgIpc) is 2.99. The Kier molecular flexibility index (Phi) is 4.56. The lowest BCUT2D eigenvalue weighted by molar-refractivity contribution is -0.384. The van der Waals surface area contributed by atoms with Gasteiger partial charge in [0.1, 0.15) is 5.75 Å². The molecule has 0 N–H and O–H groups in total. The number of Topliss-reactive ketones (excluding diaryl/α,β-unsaturated/α-hetero) is 1. The average molecular weight is 388 g/mol. The quantitative estimate of drug-likeness (QED) is 0.374. The molecule has 1 aliphatic rings. The van der Waals surface area contributed by atoms with Gasteiger partial charge in [0.2, 0.25) is 0 Å². The van der Waals surface area contributed by atoms with Crippen molar-refractivity contribution in [2.75, 3.05) is 12.0 Å². The van der Waals surface area contributed by atoms with Crippen LogP contribution in [-0.2, 0) is 11.3 Å². The van der Waals surface area contributed by atoms with Gasteiger partial charge in [0, 0.05) is 17.7 Å². The van der Waals surface area contributed by atoms with Gasteiger partial charge in [-0.3, -0.25) is 19.7 Å². The number of hydrogen-bond acceptors (Lipinski definition) is 5. The van der Waals surface area contributed by atoms with E-state index in [2.05, 4.69) is 0 Å². The van der Waals surface area contributed by atoms with E-state index in [9.17, 15) is 19.7 Å². The lowest BCUT2D eigenvalue weighted by atomic mass is 10.0. The number of para-hydroxylation sites is 1. The molecule has 3 aromatic carbocycles. The lowest BCUT2D eigenvalue weighted by Gasteiger charge is -2.18. The van der Waals surface area contributed by atoms with Crippen LogP contribution < -0.4 is 9.64 Å². The van der Waals surface area contributed by atoms with Crippen LogP contribution in [0.3, 0.4) is 0 Å². The summed E-state index contributed by atoms with van der Waals surface area (Å²) in [4.78, 5) is 36.8. The van der Waals surface area contributed by atoms with Crippen LogP contribution in [0.15, 0.2) is 66.7 Å². The molecule has 3 aromatic rings. The van der Waals surface area contributed by atoms with E-state index < -0.39 is 16.6 Å². The van der Waals surface area contributed by atoms with Crippen molar-refractivity contribution in [3.05, 3.63) is 88.0 Å². The van der Waals surface area contributed by atoms with Crippen LogP contribution >= 0.6 is 0 Å². The summed E-state index contributed by atoms with van der Waals surface area (Å²) in [6.07, 6.45) is 0. The second kappa shape index (κ2) is 7.20. The Balaban J connectivity index is 1.73. The molecular formula is C22H16N2O5. The van der Waals surface area contributed by atoms with E-state index in [1.807, 2.05) is 6.07 Å². The monoisotopic (exact) mass is 388 g/mol. The number of amides is 1. The Bertz CT molecular complexity index is 1160. The number of benzene rings is 3. The van der Waals surface area contributed by atoms with Gasteiger partial charge in [-0.15, -0.1) is 0 Å². The molecule has 0 fully saturated rings. The summed E-state index contributed by atoms with van der Waals surface area (Å²) in [5.74, 6) is -0.537. The molecular weight excluding hydrogens is 372 g/mol. The molecule has 1 aliphatic heterocycles. The lowest BCUT2D eigenvalue weighted by Crippen LogP contribution is -2.29. The van der Waals surface area contributed by atoms with Crippen molar-refractivity contribution in [1.29, 1.82) is 0 Å². The molecule has 1 heterocycles. The van der Waals surface area contributed by atoms with Crippen LogP contribution in [0.2, 0.25) is 0 Å². The smallest absolute Gasteiger partial charge is 0.299 e. The van der Waals surface area contributed by atoms with Crippen molar-refractivity contribution in [3.63, 3.8) is 0 Å². The number of non-ortho nitro benzene ring substituents is 1. The molecule has 0 radical (unpaired) electrons. The summed E-state index contributed by atoms with van der Waals surface area (Å²) in [6.45, 7) is 0.202. The van der Waals surface area contributed by atoms with Crippen LogP contribution in [0.4, 0.5) is 11.4 Å². The highest BCUT2D eigenvalue weighted by Gasteiger charge is 2.35. The van der Waals surface area contributed by atoms with Crippen molar-refractivity contribution >= 4 is 23.1 Å². The number of nitro benzene ring substituents is 1. The van der Waals surface area contributed by atoms with Crippen molar-refractivity contribution < 1.29 is 19.2 Å². The van der Waals surface area contributed by atoms with Gasteiger partial charge in [-0.1, -0.05) is 30.3 Å². The molecule has 0 atom stereocenters. The number of nitro groups is 1. The summed E-state index contributed by atoms with van der Waals surface area (Å²) in [6, 6.07) is 18.5. The highest BCUT2D eigenvalue weighted by molar-refractivity contribution is 6.52. The maximum absolute atomic E-state index is 12.4. The Hall–Kier alpha value is -4.00. The zero-order chi connectivity index (χ0) is 20.5. The fourth-order valence-corrected chi connectivity index (χ4v) is 3.45. The van der Waals surface area contributed by atoms with Gasteiger partial charge in [0.15, 0.2) is 0 Å². The molecule has 0 aromatic heterocycles. The van der Waals surface area contributed by atoms with E-state index >= 15 is 0 Å². The minimum absolute atomic E-state index is 0.0239. The summed E-state index contributed by atoms with van der Waals surface area (Å²) in [5.41, 5.74) is 3.01. The minimum atomic E-state index is -0.570. The largest absolute Gasteiger partial charge is 0.496 e. The van der Waals surface area contributed by atoms with Crippen molar-refractivity contribution in [2.24, 2.45) is 0 Å². The van der Waals surface area contributed by atoms with Gasteiger partial charge in [-0.2, -0.15) is 0 Å². The number of carbonyl (C=O) groups is 2. The third kappa shape index (κ3) is 3.23. The number of carbonyl (C=O) groups excluding carboxylic acids is 2. The number of fused-ring (bicyclic) bond motifs is 1. The highest BCUT2D eigenvalue weighted by atomic mass is 16.6. The molecule has 144 valence electrons. The number of methoxy groups -OCH3 is 1. The predicted octanol–water partition coefficient (Wildman–Crippen LogP) is 4.00. The molecule has 0 bridgehead atoms. The van der Waals surface area contributed by atoms with Crippen molar-refractivity contribution in [1.82, 2.24) is 0 Å². The van der Waals surface area contributed by atoms with Gasteiger partial charge in [-0.05, 0) is 35.4 Å². The van der Waals surface area contributed by atoms with Gasteiger partial charge in [-0.25, -0.2) is 0 Å². The predicted molar refractivity (Wildman–Crippen MR) is 107 cm³/mol. The molecule has 29 heavy (non-hydrogen) atoms. The first-order valence-electron chi connectivity index (χ1n) is 8.86. The zero-order valence-corrected chi connectivity index (χ0v) is 15.5. The van der Waals surface area contributed by atoms with Crippen molar-refractivity contribution in [2.45, 2.75) is 6.54 Å². The van der Waals surface area contributed by atoms with Gasteiger partial charge >= 0.3 is 0 Å². The minimum Gasteiger partial charge on any atom is -0.496 e. The highest BCUT2D eigenvalue weighted by Crippen LogP contribution is 2.35. The SMILES string of the molecule is COc1ccc(CN2C(=O)C(=O)c3ccccc32)cc1-c1cccc([N+](=O)[O-])c1. The number of anilines is 1. The maximum atomic E-state index is 12.4. The number of rotatable bonds is 5. The fourth-order valence-electron chi connectivity index (χ4n) is 3.45. The third-order valence-electron chi connectivity index (χ3n) is 4.85. The second-order valence-electron chi connectivity index (χ2n) is 6.58. The Morgan fingerprint density at radius 1 is 0.966 bits per heavy atom. The molecule has 1 amide bonds. The molecule has 0 unspecified atom stereocenters. The summed E-state index contributed by atoms with van der Waals surface area (Å²) < 4.78 is 5.41. The standard InChI is InChI=1S/C22H16N2O5/c1-29-20-10-9-14(11-18(20)15-5-4-6-16(12-15)24(27)28)13-23-19-8-3-2-7-17(19)21(25)22(23)26/h2-12H,13H2,1H3. The van der Waals surface area contributed by atoms with E-state index in [1.54, 1.807) is 48.5 Å². The summed E-state index contributed by atoms with van der Waals surface area (Å²) >= 11 is 0. The number of ketones is 1. The normalized spacial score (nSPS) is 12.8.